The van der Waals surface area contributed by atoms with E-state index in [2.05, 4.69) is 0 Å². The first-order chi connectivity index (χ1) is 5.57. The molecule has 1 aromatic rings. The Balaban J connectivity index is 3.52. The molecule has 66 valence electrons. The van der Waals surface area contributed by atoms with Gasteiger partial charge in [0.2, 0.25) is 0 Å². The molecule has 0 aliphatic heterocycles. The number of nitrogen functional groups attached to an aromatic ring is 1. The smallest absolute Gasteiger partial charge is 0.277 e. The second kappa shape index (κ2) is 2.89. The Bertz CT molecular complexity index is 355. The summed E-state index contributed by atoms with van der Waals surface area (Å²) in [6.45, 7) is 4.17. The fraction of sp³-hybridized carbons (Fsp3) is 0.375. The number of nitrogens with two attached hydrogens (primary N) is 1. The third-order valence-corrected chi connectivity index (χ3v) is 1.84. The highest BCUT2D eigenvalue weighted by Gasteiger charge is 2.06. The van der Waals surface area contributed by atoms with E-state index in [1.54, 1.807) is 6.92 Å². The molecule has 0 saturated carbocycles. The zero-order chi connectivity index (χ0) is 9.30. The van der Waals surface area contributed by atoms with E-state index in [-0.39, 0.29) is 17.0 Å². The van der Waals surface area contributed by atoms with Crippen molar-refractivity contribution >= 4 is 5.69 Å². The molecule has 4 heteroatoms. The van der Waals surface area contributed by atoms with Crippen LogP contribution in [-0.4, -0.2) is 9.67 Å². The number of aromatic hydroxyl groups is 1. The van der Waals surface area contributed by atoms with Crippen LogP contribution in [0.1, 0.15) is 12.6 Å². The Morgan fingerprint density at radius 3 is 2.75 bits per heavy atom. The maximum Gasteiger partial charge on any atom is 0.277 e. The number of nitrogens with zero attached hydrogens (tertiary/aromatic N) is 1. The van der Waals surface area contributed by atoms with Crippen LogP contribution in [0, 0.1) is 6.92 Å². The summed E-state index contributed by atoms with van der Waals surface area (Å²) in [5.74, 6) is -0.137. The first kappa shape index (κ1) is 8.64. The lowest BCUT2D eigenvalue weighted by Crippen LogP contribution is -2.23. The van der Waals surface area contributed by atoms with Gasteiger partial charge in [0.15, 0.2) is 0 Å². The Labute approximate surface area is 70.3 Å². The first-order valence-electron chi connectivity index (χ1n) is 3.76. The fourth-order valence-electron chi connectivity index (χ4n) is 1.16. The van der Waals surface area contributed by atoms with E-state index < -0.39 is 0 Å². The summed E-state index contributed by atoms with van der Waals surface area (Å²) in [5.41, 5.74) is 5.66. The molecule has 0 radical (unpaired) electrons. The van der Waals surface area contributed by atoms with E-state index in [4.69, 9.17) is 10.8 Å². The van der Waals surface area contributed by atoms with Gasteiger partial charge in [-0.25, -0.2) is 0 Å². The van der Waals surface area contributed by atoms with Crippen LogP contribution >= 0.6 is 0 Å². The van der Waals surface area contributed by atoms with Crippen molar-refractivity contribution in [1.82, 2.24) is 4.57 Å². The number of anilines is 1. The van der Waals surface area contributed by atoms with Crippen LogP contribution < -0.4 is 11.3 Å². The van der Waals surface area contributed by atoms with Gasteiger partial charge in [-0.3, -0.25) is 4.79 Å². The van der Waals surface area contributed by atoms with Crippen molar-refractivity contribution in [3.8, 4) is 5.75 Å². The number of pyridine rings is 1. The highest BCUT2D eigenvalue weighted by Crippen LogP contribution is 2.15. The third kappa shape index (κ3) is 1.15. The van der Waals surface area contributed by atoms with Crippen LogP contribution in [-0.2, 0) is 6.54 Å². The van der Waals surface area contributed by atoms with E-state index in [1.165, 1.54) is 10.6 Å². The van der Waals surface area contributed by atoms with Gasteiger partial charge < -0.3 is 15.4 Å². The fourth-order valence-corrected chi connectivity index (χ4v) is 1.16. The Morgan fingerprint density at radius 2 is 2.25 bits per heavy atom. The standard InChI is InChI=1S/C8H12N2O2/c1-3-10-5(2)4-6(11)7(9)8(10)12/h4,11H,3,9H2,1-2H3. The Hall–Kier alpha value is -1.45. The van der Waals surface area contributed by atoms with Gasteiger partial charge in [-0.15, -0.1) is 0 Å². The number of hydrogen-bond donors (Lipinski definition) is 2. The predicted molar refractivity (Wildman–Crippen MR) is 47.2 cm³/mol. The Kier molecular flexibility index (Phi) is 2.08. The molecular weight excluding hydrogens is 156 g/mol. The van der Waals surface area contributed by atoms with Gasteiger partial charge in [0.05, 0.1) is 0 Å². The summed E-state index contributed by atoms with van der Waals surface area (Å²) < 4.78 is 1.51. The second-order valence-corrected chi connectivity index (χ2v) is 2.63. The van der Waals surface area contributed by atoms with E-state index in [0.29, 0.717) is 12.2 Å². The minimum Gasteiger partial charge on any atom is -0.506 e. The number of rotatable bonds is 1. The highest BCUT2D eigenvalue weighted by atomic mass is 16.3. The topological polar surface area (TPSA) is 68.2 Å². The predicted octanol–water partition coefficient (Wildman–Crippen LogP) is 0.464. The summed E-state index contributed by atoms with van der Waals surface area (Å²) in [6.07, 6.45) is 0. The summed E-state index contributed by atoms with van der Waals surface area (Å²) in [7, 11) is 0. The third-order valence-electron chi connectivity index (χ3n) is 1.84. The summed E-state index contributed by atoms with van der Waals surface area (Å²) in [6, 6.07) is 1.49. The molecule has 4 nitrogen and oxygen atoms in total. The number of aryl methyl sites for hydroxylation is 1. The monoisotopic (exact) mass is 168 g/mol. The molecular formula is C8H12N2O2. The summed E-state index contributed by atoms with van der Waals surface area (Å²) in [5, 5.41) is 9.16. The van der Waals surface area contributed by atoms with Crippen molar-refractivity contribution < 1.29 is 5.11 Å². The van der Waals surface area contributed by atoms with Crippen molar-refractivity contribution in [3.63, 3.8) is 0 Å². The van der Waals surface area contributed by atoms with E-state index >= 15 is 0 Å². The lowest BCUT2D eigenvalue weighted by atomic mass is 10.3. The van der Waals surface area contributed by atoms with Crippen LogP contribution in [0.25, 0.3) is 0 Å². The maximum absolute atomic E-state index is 11.3. The van der Waals surface area contributed by atoms with Gasteiger partial charge in [-0.1, -0.05) is 0 Å². The average molecular weight is 168 g/mol. The minimum absolute atomic E-state index is 0.0811. The molecule has 0 atom stereocenters. The SMILES string of the molecule is CCn1c(C)cc(O)c(N)c1=O. The molecule has 0 amide bonds. The molecule has 0 fully saturated rings. The zero-order valence-corrected chi connectivity index (χ0v) is 7.16. The molecule has 12 heavy (non-hydrogen) atoms. The van der Waals surface area contributed by atoms with Gasteiger partial charge in [0, 0.05) is 18.3 Å². The van der Waals surface area contributed by atoms with Crippen molar-refractivity contribution in [1.29, 1.82) is 0 Å². The lowest BCUT2D eigenvalue weighted by Gasteiger charge is -2.08. The molecule has 0 saturated heterocycles. The van der Waals surface area contributed by atoms with Crippen LogP contribution in [0.4, 0.5) is 5.69 Å². The molecule has 0 aromatic carbocycles. The minimum atomic E-state index is -0.324. The van der Waals surface area contributed by atoms with Crippen LogP contribution in [0.15, 0.2) is 10.9 Å². The Morgan fingerprint density at radius 1 is 1.67 bits per heavy atom. The number of aromatic nitrogens is 1. The van der Waals surface area contributed by atoms with Crippen molar-refractivity contribution in [2.45, 2.75) is 20.4 Å². The second-order valence-electron chi connectivity index (χ2n) is 2.63. The highest BCUT2D eigenvalue weighted by molar-refractivity contribution is 5.50. The normalized spacial score (nSPS) is 10.2. The molecule has 0 unspecified atom stereocenters. The van der Waals surface area contributed by atoms with Crippen LogP contribution in [0.5, 0.6) is 5.75 Å². The molecule has 0 spiro atoms. The first-order valence-corrected chi connectivity index (χ1v) is 3.76. The molecule has 3 N–H and O–H groups in total. The van der Waals surface area contributed by atoms with Gasteiger partial charge in [-0.2, -0.15) is 0 Å². The van der Waals surface area contributed by atoms with Crippen LogP contribution in [0.3, 0.4) is 0 Å². The summed E-state index contributed by atoms with van der Waals surface area (Å²) in [4.78, 5) is 11.3. The van der Waals surface area contributed by atoms with E-state index in [9.17, 15) is 4.79 Å². The van der Waals surface area contributed by atoms with Gasteiger partial charge in [0.25, 0.3) is 5.56 Å². The van der Waals surface area contributed by atoms with E-state index in [0.717, 1.165) is 0 Å². The molecule has 1 rings (SSSR count). The maximum atomic E-state index is 11.3. The van der Waals surface area contributed by atoms with Crippen molar-refractivity contribution in [2.75, 3.05) is 5.73 Å². The van der Waals surface area contributed by atoms with Crippen molar-refractivity contribution in [2.24, 2.45) is 0 Å². The molecule has 0 aliphatic rings. The summed E-state index contributed by atoms with van der Waals surface area (Å²) >= 11 is 0. The molecule has 0 aliphatic carbocycles. The molecule has 0 bridgehead atoms. The molecule has 1 heterocycles. The average Bonchev–Trinajstić information content (AvgIpc) is 2.01. The largest absolute Gasteiger partial charge is 0.506 e. The molecule has 1 aromatic heterocycles. The van der Waals surface area contributed by atoms with Crippen molar-refractivity contribution in [3.05, 3.63) is 22.1 Å². The zero-order valence-electron chi connectivity index (χ0n) is 7.16. The van der Waals surface area contributed by atoms with Gasteiger partial charge in [-0.05, 0) is 13.8 Å². The van der Waals surface area contributed by atoms with E-state index in [1.807, 2.05) is 6.92 Å². The van der Waals surface area contributed by atoms with Gasteiger partial charge >= 0.3 is 0 Å². The lowest BCUT2D eigenvalue weighted by molar-refractivity contribution is 0.473. The van der Waals surface area contributed by atoms with Crippen LogP contribution in [0.2, 0.25) is 0 Å². The quantitative estimate of drug-likeness (QED) is 0.640. The van der Waals surface area contributed by atoms with Gasteiger partial charge in [0.1, 0.15) is 11.4 Å². The number of hydrogen-bond acceptors (Lipinski definition) is 3.